The van der Waals surface area contributed by atoms with Gasteiger partial charge in [0.05, 0.1) is 17.8 Å². The van der Waals surface area contributed by atoms with Gasteiger partial charge in [-0.25, -0.2) is 9.37 Å². The second kappa shape index (κ2) is 6.10. The fraction of sp³-hybridized carbons (Fsp3) is 0.200. The van der Waals surface area contributed by atoms with Crippen LogP contribution in [-0.4, -0.2) is 22.8 Å². The van der Waals surface area contributed by atoms with Gasteiger partial charge in [-0.15, -0.1) is 0 Å². The number of rotatable bonds is 3. The minimum absolute atomic E-state index is 0.000362. The van der Waals surface area contributed by atoms with Gasteiger partial charge in [0.2, 0.25) is 0 Å². The maximum atomic E-state index is 13.2. The van der Waals surface area contributed by atoms with Crippen LogP contribution in [0.5, 0.6) is 0 Å². The van der Waals surface area contributed by atoms with E-state index in [1.54, 1.807) is 13.1 Å². The average Bonchev–Trinajstić information content (AvgIpc) is 2.48. The average molecular weight is 308 g/mol. The second-order valence-corrected chi connectivity index (χ2v) is 5.11. The van der Waals surface area contributed by atoms with Gasteiger partial charge in [0.15, 0.2) is 0 Å². The molecule has 2 aromatic rings. The number of amides is 1. The van der Waals surface area contributed by atoms with Crippen molar-refractivity contribution in [3.63, 3.8) is 0 Å². The van der Waals surface area contributed by atoms with Gasteiger partial charge in [-0.2, -0.15) is 0 Å². The van der Waals surface area contributed by atoms with Crippen LogP contribution in [0.15, 0.2) is 36.5 Å². The standard InChI is InChI=1S/C15H15ClFN3O/c1-9(11-5-3-4-6-13(11)16)20(2)15(21)12-7-10(17)8-19-14(12)18/h3-9H,1-2H3,(H2,18,19). The minimum atomic E-state index is -0.605. The number of aromatic nitrogens is 1. The summed E-state index contributed by atoms with van der Waals surface area (Å²) in [6.45, 7) is 1.84. The molecule has 2 N–H and O–H groups in total. The quantitative estimate of drug-likeness (QED) is 0.946. The lowest BCUT2D eigenvalue weighted by atomic mass is 10.1. The number of hydrogen-bond donors (Lipinski definition) is 1. The molecule has 1 aromatic heterocycles. The van der Waals surface area contributed by atoms with E-state index in [2.05, 4.69) is 4.98 Å². The molecule has 0 fully saturated rings. The van der Waals surface area contributed by atoms with Crippen molar-refractivity contribution in [1.29, 1.82) is 0 Å². The molecule has 4 nitrogen and oxygen atoms in total. The largest absolute Gasteiger partial charge is 0.383 e. The summed E-state index contributed by atoms with van der Waals surface area (Å²) in [5.74, 6) is -1.02. The third kappa shape index (κ3) is 3.13. The molecule has 6 heteroatoms. The fourth-order valence-corrected chi connectivity index (χ4v) is 2.30. The summed E-state index contributed by atoms with van der Waals surface area (Å²) in [6.07, 6.45) is 0.976. The molecule has 0 aliphatic heterocycles. The Morgan fingerprint density at radius 2 is 2.10 bits per heavy atom. The molecule has 1 heterocycles. The van der Waals surface area contributed by atoms with E-state index < -0.39 is 11.7 Å². The molecule has 1 amide bonds. The van der Waals surface area contributed by atoms with Crippen molar-refractivity contribution in [2.75, 3.05) is 12.8 Å². The zero-order chi connectivity index (χ0) is 15.6. The molecule has 1 atom stereocenters. The lowest BCUT2D eigenvalue weighted by Gasteiger charge is -2.26. The van der Waals surface area contributed by atoms with Crippen LogP contribution < -0.4 is 5.73 Å². The lowest BCUT2D eigenvalue weighted by molar-refractivity contribution is 0.0743. The Morgan fingerprint density at radius 1 is 1.43 bits per heavy atom. The zero-order valence-electron chi connectivity index (χ0n) is 11.7. The first-order valence-corrected chi connectivity index (χ1v) is 6.72. The molecule has 0 bridgehead atoms. The Hall–Kier alpha value is -2.14. The zero-order valence-corrected chi connectivity index (χ0v) is 12.4. The first-order valence-electron chi connectivity index (χ1n) is 6.34. The summed E-state index contributed by atoms with van der Waals surface area (Å²) in [6, 6.07) is 8.05. The lowest BCUT2D eigenvalue weighted by Crippen LogP contribution is -2.30. The summed E-state index contributed by atoms with van der Waals surface area (Å²) in [5.41, 5.74) is 6.49. The van der Waals surface area contributed by atoms with Crippen LogP contribution in [0, 0.1) is 5.82 Å². The Morgan fingerprint density at radius 3 is 2.76 bits per heavy atom. The Labute approximate surface area is 127 Å². The summed E-state index contributed by atoms with van der Waals surface area (Å²) in [5, 5.41) is 0.565. The minimum Gasteiger partial charge on any atom is -0.383 e. The fourth-order valence-electron chi connectivity index (χ4n) is 2.01. The molecule has 1 unspecified atom stereocenters. The van der Waals surface area contributed by atoms with Gasteiger partial charge in [-0.05, 0) is 24.6 Å². The van der Waals surface area contributed by atoms with Crippen molar-refractivity contribution >= 4 is 23.3 Å². The summed E-state index contributed by atoms with van der Waals surface area (Å²) in [4.78, 5) is 17.6. The van der Waals surface area contributed by atoms with Gasteiger partial charge in [-0.3, -0.25) is 4.79 Å². The maximum Gasteiger partial charge on any atom is 0.257 e. The van der Waals surface area contributed by atoms with E-state index in [0.717, 1.165) is 17.8 Å². The SMILES string of the molecule is CC(c1ccccc1Cl)N(C)C(=O)c1cc(F)cnc1N. The predicted molar refractivity (Wildman–Crippen MR) is 80.6 cm³/mol. The highest BCUT2D eigenvalue weighted by Crippen LogP contribution is 2.27. The third-order valence-electron chi connectivity index (χ3n) is 3.37. The van der Waals surface area contributed by atoms with Gasteiger partial charge >= 0.3 is 0 Å². The van der Waals surface area contributed by atoms with Crippen LogP contribution in [0.25, 0.3) is 0 Å². The number of nitrogens with two attached hydrogens (primary N) is 1. The van der Waals surface area contributed by atoms with Crippen molar-refractivity contribution in [3.8, 4) is 0 Å². The molecule has 0 spiro atoms. The smallest absolute Gasteiger partial charge is 0.257 e. The summed E-state index contributed by atoms with van der Waals surface area (Å²) >= 11 is 6.14. The van der Waals surface area contributed by atoms with Crippen molar-refractivity contribution in [1.82, 2.24) is 9.88 Å². The highest BCUT2D eigenvalue weighted by Gasteiger charge is 2.23. The van der Waals surface area contributed by atoms with Gasteiger partial charge < -0.3 is 10.6 Å². The Kier molecular flexibility index (Phi) is 4.43. The molecule has 0 aliphatic rings. The second-order valence-electron chi connectivity index (χ2n) is 4.70. The van der Waals surface area contributed by atoms with E-state index in [1.165, 1.54) is 4.90 Å². The van der Waals surface area contributed by atoms with Crippen molar-refractivity contribution in [3.05, 3.63) is 58.5 Å². The number of nitrogens with zero attached hydrogens (tertiary/aromatic N) is 2. The molecule has 110 valence electrons. The van der Waals surface area contributed by atoms with Crippen LogP contribution >= 0.6 is 11.6 Å². The Balaban J connectivity index is 2.31. The van der Waals surface area contributed by atoms with Crippen molar-refractivity contribution < 1.29 is 9.18 Å². The van der Waals surface area contributed by atoms with Crippen LogP contribution in [0.3, 0.4) is 0 Å². The number of anilines is 1. The molecule has 0 saturated heterocycles. The van der Waals surface area contributed by atoms with Crippen LogP contribution in [-0.2, 0) is 0 Å². The molecule has 0 radical (unpaired) electrons. The molecule has 21 heavy (non-hydrogen) atoms. The predicted octanol–water partition coefficient (Wildman–Crippen LogP) is 3.29. The summed E-state index contributed by atoms with van der Waals surface area (Å²) in [7, 11) is 1.61. The number of benzene rings is 1. The van der Waals surface area contributed by atoms with E-state index in [-0.39, 0.29) is 17.4 Å². The highest BCUT2D eigenvalue weighted by molar-refractivity contribution is 6.31. The van der Waals surface area contributed by atoms with E-state index in [1.807, 2.05) is 25.1 Å². The van der Waals surface area contributed by atoms with E-state index in [9.17, 15) is 9.18 Å². The van der Waals surface area contributed by atoms with Gasteiger partial charge in [0.1, 0.15) is 11.6 Å². The first kappa shape index (κ1) is 15.3. The maximum absolute atomic E-state index is 13.2. The normalized spacial score (nSPS) is 12.0. The summed E-state index contributed by atoms with van der Waals surface area (Å²) < 4.78 is 13.2. The van der Waals surface area contributed by atoms with Crippen molar-refractivity contribution in [2.45, 2.75) is 13.0 Å². The molecule has 1 aromatic carbocycles. The van der Waals surface area contributed by atoms with Crippen molar-refractivity contribution in [2.24, 2.45) is 0 Å². The van der Waals surface area contributed by atoms with Gasteiger partial charge in [-0.1, -0.05) is 29.8 Å². The number of pyridine rings is 1. The topological polar surface area (TPSA) is 59.2 Å². The van der Waals surface area contributed by atoms with Gasteiger partial charge in [0.25, 0.3) is 5.91 Å². The molecule has 2 rings (SSSR count). The molecular formula is C15H15ClFN3O. The number of carbonyl (C=O) groups excluding carboxylic acids is 1. The highest BCUT2D eigenvalue weighted by atomic mass is 35.5. The van der Waals surface area contributed by atoms with Gasteiger partial charge in [0, 0.05) is 12.1 Å². The molecular weight excluding hydrogens is 293 g/mol. The van der Waals surface area contributed by atoms with E-state index in [0.29, 0.717) is 5.02 Å². The Bertz CT molecular complexity index is 678. The third-order valence-corrected chi connectivity index (χ3v) is 3.72. The van der Waals surface area contributed by atoms with Crippen LogP contribution in [0.1, 0.15) is 28.9 Å². The van der Waals surface area contributed by atoms with E-state index >= 15 is 0 Å². The number of nitrogen functional groups attached to an aromatic ring is 1. The molecule has 0 saturated carbocycles. The van der Waals surface area contributed by atoms with Crippen LogP contribution in [0.4, 0.5) is 10.2 Å². The van der Waals surface area contributed by atoms with Crippen LogP contribution in [0.2, 0.25) is 5.02 Å². The monoisotopic (exact) mass is 307 g/mol. The van der Waals surface area contributed by atoms with E-state index in [4.69, 9.17) is 17.3 Å². The number of carbonyl (C=O) groups is 1. The number of halogens is 2. The molecule has 0 aliphatic carbocycles. The first-order chi connectivity index (χ1) is 9.91. The number of hydrogen-bond acceptors (Lipinski definition) is 3.